The Morgan fingerprint density at radius 3 is 2.15 bits per heavy atom. The molecule has 0 aromatic heterocycles. The number of esters is 2. The number of nitrogens with zero attached hydrogens (tertiary/aromatic N) is 1. The highest BCUT2D eigenvalue weighted by Gasteiger charge is 2.32. The van der Waals surface area contributed by atoms with Gasteiger partial charge < -0.3 is 20.1 Å². The summed E-state index contributed by atoms with van der Waals surface area (Å²) in [6.45, 7) is 1.25. The van der Waals surface area contributed by atoms with Crippen molar-refractivity contribution in [1.29, 1.82) is 0 Å². The lowest BCUT2D eigenvalue weighted by Gasteiger charge is -2.26. The summed E-state index contributed by atoms with van der Waals surface area (Å²) >= 11 is 0. The predicted molar refractivity (Wildman–Crippen MR) is 131 cm³/mol. The number of hydrogen-bond donors (Lipinski definition) is 1. The molecule has 0 unspecified atom stereocenters. The molecular weight excluding hydrogens is 428 g/mol. The molecule has 6 nitrogen and oxygen atoms in total. The van der Waals surface area contributed by atoms with Crippen molar-refractivity contribution in [3.63, 3.8) is 0 Å². The van der Waals surface area contributed by atoms with E-state index in [1.54, 1.807) is 0 Å². The lowest BCUT2D eigenvalue weighted by Crippen LogP contribution is -2.37. The summed E-state index contributed by atoms with van der Waals surface area (Å²) in [6.07, 6.45) is 2.03. The van der Waals surface area contributed by atoms with E-state index in [9.17, 15) is 9.59 Å². The molecule has 0 spiro atoms. The maximum absolute atomic E-state index is 12.8. The highest BCUT2D eigenvalue weighted by atomic mass is 16.5. The van der Waals surface area contributed by atoms with Crippen molar-refractivity contribution < 1.29 is 19.1 Å². The monoisotopic (exact) mass is 458 g/mol. The van der Waals surface area contributed by atoms with Gasteiger partial charge in [-0.1, -0.05) is 72.8 Å². The van der Waals surface area contributed by atoms with Crippen LogP contribution in [-0.2, 0) is 38.7 Å². The number of anilines is 1. The smallest absolute Gasteiger partial charge is 0.329 e. The molecule has 0 bridgehead atoms. The first-order valence-electron chi connectivity index (χ1n) is 11.6. The summed E-state index contributed by atoms with van der Waals surface area (Å²) in [5.74, 6) is -0.647. The number of rotatable bonds is 9. The van der Waals surface area contributed by atoms with Crippen molar-refractivity contribution in [3.05, 3.63) is 102 Å². The van der Waals surface area contributed by atoms with Crippen LogP contribution in [0.5, 0.6) is 0 Å². The van der Waals surface area contributed by atoms with Crippen LogP contribution in [0, 0.1) is 0 Å². The van der Waals surface area contributed by atoms with Gasteiger partial charge in [-0.05, 0) is 48.1 Å². The standard InChI is InChI=1S/C28H30N2O4/c29-25(27(31)33-19-21-9-3-1-4-10-21)18-23-13-7-14-24(17-23)30-16-8-15-26(30)28(32)34-20-22-11-5-2-6-12-22/h1-7,9-14,17,25-26H,8,15-16,18-20,29H2/t25-,26+/m1/s1. The number of benzene rings is 3. The zero-order valence-electron chi connectivity index (χ0n) is 19.1. The van der Waals surface area contributed by atoms with Gasteiger partial charge in [0.2, 0.25) is 0 Å². The lowest BCUT2D eigenvalue weighted by molar-refractivity contribution is -0.147. The van der Waals surface area contributed by atoms with E-state index < -0.39 is 12.0 Å². The van der Waals surface area contributed by atoms with Gasteiger partial charge in [0.1, 0.15) is 25.3 Å². The van der Waals surface area contributed by atoms with E-state index in [0.29, 0.717) is 6.42 Å². The second-order valence-electron chi connectivity index (χ2n) is 8.52. The number of nitrogens with two attached hydrogens (primary N) is 1. The van der Waals surface area contributed by atoms with Gasteiger partial charge >= 0.3 is 11.9 Å². The van der Waals surface area contributed by atoms with Crippen molar-refractivity contribution >= 4 is 17.6 Å². The van der Waals surface area contributed by atoms with Crippen LogP contribution in [0.3, 0.4) is 0 Å². The third-order valence-electron chi connectivity index (χ3n) is 5.97. The topological polar surface area (TPSA) is 81.9 Å². The molecule has 2 atom stereocenters. The number of carbonyl (C=O) groups is 2. The first-order chi connectivity index (χ1) is 16.6. The second-order valence-corrected chi connectivity index (χ2v) is 8.52. The summed E-state index contributed by atoms with van der Waals surface area (Å²) in [5.41, 5.74) is 9.87. The molecule has 2 N–H and O–H groups in total. The SMILES string of the molecule is N[C@H](Cc1cccc(N2CCC[C@H]2C(=O)OCc2ccccc2)c1)C(=O)OCc1ccccc1. The molecule has 0 aliphatic carbocycles. The van der Waals surface area contributed by atoms with Crippen LogP contribution in [0.25, 0.3) is 0 Å². The molecule has 0 saturated carbocycles. The largest absolute Gasteiger partial charge is 0.460 e. The Labute approximate surface area is 200 Å². The molecule has 1 aliphatic rings. The molecule has 1 fully saturated rings. The minimum atomic E-state index is -0.760. The van der Waals surface area contributed by atoms with Gasteiger partial charge in [-0.25, -0.2) is 4.79 Å². The minimum absolute atomic E-state index is 0.202. The van der Waals surface area contributed by atoms with E-state index in [2.05, 4.69) is 4.90 Å². The number of hydrogen-bond acceptors (Lipinski definition) is 6. The maximum Gasteiger partial charge on any atom is 0.329 e. The van der Waals surface area contributed by atoms with Crippen molar-refractivity contribution in [2.24, 2.45) is 5.73 Å². The van der Waals surface area contributed by atoms with Crippen molar-refractivity contribution in [1.82, 2.24) is 0 Å². The van der Waals surface area contributed by atoms with Crippen molar-refractivity contribution in [2.45, 2.75) is 44.6 Å². The summed E-state index contributed by atoms with van der Waals surface area (Å²) in [4.78, 5) is 27.3. The molecule has 3 aromatic rings. The third-order valence-corrected chi connectivity index (χ3v) is 5.97. The Morgan fingerprint density at radius 2 is 1.47 bits per heavy atom. The fraction of sp³-hybridized carbons (Fsp3) is 0.286. The van der Waals surface area contributed by atoms with Gasteiger partial charge in [-0.2, -0.15) is 0 Å². The molecule has 34 heavy (non-hydrogen) atoms. The van der Waals surface area contributed by atoms with Crippen LogP contribution in [0.1, 0.15) is 29.5 Å². The Hall–Kier alpha value is -3.64. The van der Waals surface area contributed by atoms with Gasteiger partial charge in [-0.3, -0.25) is 4.79 Å². The molecule has 1 aliphatic heterocycles. The molecule has 176 valence electrons. The van der Waals surface area contributed by atoms with Crippen LogP contribution in [0.4, 0.5) is 5.69 Å². The predicted octanol–water partition coefficient (Wildman–Crippen LogP) is 4.01. The van der Waals surface area contributed by atoms with Gasteiger partial charge in [0.15, 0.2) is 0 Å². The minimum Gasteiger partial charge on any atom is -0.460 e. The van der Waals surface area contributed by atoms with Crippen LogP contribution < -0.4 is 10.6 Å². The first-order valence-corrected chi connectivity index (χ1v) is 11.6. The maximum atomic E-state index is 12.8. The molecule has 4 rings (SSSR count). The van der Waals surface area contributed by atoms with E-state index in [4.69, 9.17) is 15.2 Å². The average Bonchev–Trinajstić information content (AvgIpc) is 3.37. The van der Waals surface area contributed by atoms with Gasteiger partial charge in [0, 0.05) is 12.2 Å². The van der Waals surface area contributed by atoms with E-state index in [1.807, 2.05) is 84.9 Å². The Kier molecular flexibility index (Phi) is 7.94. The van der Waals surface area contributed by atoms with Crippen LogP contribution >= 0.6 is 0 Å². The van der Waals surface area contributed by atoms with E-state index in [0.717, 1.165) is 41.8 Å². The van der Waals surface area contributed by atoms with Crippen molar-refractivity contribution in [2.75, 3.05) is 11.4 Å². The van der Waals surface area contributed by atoms with Crippen LogP contribution in [-0.4, -0.2) is 30.6 Å². The molecule has 0 radical (unpaired) electrons. The highest BCUT2D eigenvalue weighted by Crippen LogP contribution is 2.27. The van der Waals surface area contributed by atoms with Crippen molar-refractivity contribution in [3.8, 4) is 0 Å². The van der Waals surface area contributed by atoms with E-state index >= 15 is 0 Å². The highest BCUT2D eigenvalue weighted by molar-refractivity contribution is 5.81. The Bertz CT molecular complexity index is 1090. The number of carbonyl (C=O) groups excluding carboxylic acids is 2. The molecular formula is C28H30N2O4. The van der Waals surface area contributed by atoms with E-state index in [1.165, 1.54) is 0 Å². The molecule has 6 heteroatoms. The Morgan fingerprint density at radius 1 is 0.853 bits per heavy atom. The normalized spacial score (nSPS) is 16.1. The van der Waals surface area contributed by atoms with Gasteiger partial charge in [0.25, 0.3) is 0 Å². The quantitative estimate of drug-likeness (QED) is 0.488. The molecule has 3 aromatic carbocycles. The lowest BCUT2D eigenvalue weighted by atomic mass is 10.1. The Balaban J connectivity index is 1.34. The molecule has 0 amide bonds. The second kappa shape index (κ2) is 11.5. The fourth-order valence-corrected chi connectivity index (χ4v) is 4.18. The molecule has 1 saturated heterocycles. The average molecular weight is 459 g/mol. The summed E-state index contributed by atoms with van der Waals surface area (Å²) in [6, 6.07) is 26.0. The fourth-order valence-electron chi connectivity index (χ4n) is 4.18. The van der Waals surface area contributed by atoms with Gasteiger partial charge in [0.05, 0.1) is 0 Å². The van der Waals surface area contributed by atoms with Crippen LogP contribution in [0.2, 0.25) is 0 Å². The zero-order valence-corrected chi connectivity index (χ0v) is 19.1. The summed E-state index contributed by atoms with van der Waals surface area (Å²) in [7, 11) is 0. The van der Waals surface area contributed by atoms with E-state index in [-0.39, 0.29) is 25.2 Å². The zero-order chi connectivity index (χ0) is 23.8. The summed E-state index contributed by atoms with van der Waals surface area (Å²) < 4.78 is 11.0. The molecule has 1 heterocycles. The number of ether oxygens (including phenoxy) is 2. The van der Waals surface area contributed by atoms with Crippen LogP contribution in [0.15, 0.2) is 84.9 Å². The van der Waals surface area contributed by atoms with Gasteiger partial charge in [-0.15, -0.1) is 0 Å². The first kappa shape index (κ1) is 23.5. The summed E-state index contributed by atoms with van der Waals surface area (Å²) in [5, 5.41) is 0. The third kappa shape index (κ3) is 6.23.